The molecule has 0 amide bonds. The molecule has 2 heterocycles. The Kier molecular flexibility index (Phi) is 2.86. The summed E-state index contributed by atoms with van der Waals surface area (Å²) in [7, 11) is 0. The molecule has 0 fully saturated rings. The Bertz CT molecular complexity index is 803. The second-order valence-electron chi connectivity index (χ2n) is 4.69. The molecule has 2 aromatic heterocycles. The molecule has 3 aromatic rings. The first-order valence-corrected chi connectivity index (χ1v) is 6.15. The van der Waals surface area contributed by atoms with Crippen LogP contribution >= 0.6 is 0 Å². The molecule has 0 saturated carbocycles. The lowest BCUT2D eigenvalue weighted by atomic mass is 10.1. The van der Waals surface area contributed by atoms with Gasteiger partial charge in [-0.25, -0.2) is 9.50 Å². The third-order valence-corrected chi connectivity index (χ3v) is 3.19. The van der Waals surface area contributed by atoms with Gasteiger partial charge in [-0.2, -0.15) is 18.3 Å². The summed E-state index contributed by atoms with van der Waals surface area (Å²) in [6, 6.07) is 6.56. The molecular weight excluding hydrogens is 281 g/mol. The van der Waals surface area contributed by atoms with Crippen molar-refractivity contribution in [3.8, 4) is 11.1 Å². The number of benzene rings is 1. The number of aromatic nitrogens is 3. The Balaban J connectivity index is 2.13. The topological polar surface area (TPSA) is 56.2 Å². The van der Waals surface area contributed by atoms with Gasteiger partial charge in [0.25, 0.3) is 0 Å². The fourth-order valence-electron chi connectivity index (χ4n) is 2.18. The van der Waals surface area contributed by atoms with Crippen LogP contribution in [-0.4, -0.2) is 14.6 Å². The molecule has 0 aliphatic carbocycles. The summed E-state index contributed by atoms with van der Waals surface area (Å²) in [6.07, 6.45) is -2.78. The predicted molar refractivity (Wildman–Crippen MR) is 72.6 cm³/mol. The number of nitrogens with two attached hydrogens (primary N) is 1. The summed E-state index contributed by atoms with van der Waals surface area (Å²) in [5.74, 6) is 0.341. The van der Waals surface area contributed by atoms with Gasteiger partial charge >= 0.3 is 6.18 Å². The number of alkyl halides is 3. The van der Waals surface area contributed by atoms with Crippen LogP contribution in [-0.2, 0) is 6.18 Å². The maximum atomic E-state index is 12.6. The lowest BCUT2D eigenvalue weighted by Gasteiger charge is -2.07. The van der Waals surface area contributed by atoms with E-state index in [9.17, 15) is 13.2 Å². The van der Waals surface area contributed by atoms with Crippen molar-refractivity contribution >= 4 is 11.5 Å². The van der Waals surface area contributed by atoms with Gasteiger partial charge in [-0.3, -0.25) is 0 Å². The van der Waals surface area contributed by atoms with E-state index in [-0.39, 0.29) is 0 Å². The highest BCUT2D eigenvalue weighted by molar-refractivity contribution is 5.78. The molecule has 0 aliphatic heterocycles. The summed E-state index contributed by atoms with van der Waals surface area (Å²) >= 11 is 0. The van der Waals surface area contributed by atoms with Crippen LogP contribution in [0.15, 0.2) is 36.5 Å². The van der Waals surface area contributed by atoms with Gasteiger partial charge in [-0.1, -0.05) is 12.1 Å². The van der Waals surface area contributed by atoms with Gasteiger partial charge in [-0.05, 0) is 24.6 Å². The Hall–Kier alpha value is -2.57. The molecule has 0 saturated heterocycles. The summed E-state index contributed by atoms with van der Waals surface area (Å²) in [5.41, 5.74) is 7.59. The maximum absolute atomic E-state index is 12.6. The molecule has 0 radical (unpaired) electrons. The number of rotatable bonds is 1. The molecule has 7 heteroatoms. The van der Waals surface area contributed by atoms with Gasteiger partial charge in [-0.15, -0.1) is 0 Å². The first-order valence-electron chi connectivity index (χ1n) is 6.15. The van der Waals surface area contributed by atoms with Crippen LogP contribution in [0.3, 0.4) is 0 Å². The standard InChI is InChI=1S/C14H11F3N4/c1-8-6-12(18)20-13-11(7-19-21(8)13)9-2-4-10(5-3-9)14(15,16)17/h2-7H,1H3,(H2,18,20). The summed E-state index contributed by atoms with van der Waals surface area (Å²) in [5, 5.41) is 4.18. The molecular formula is C14H11F3N4. The van der Waals surface area contributed by atoms with Gasteiger partial charge in [0, 0.05) is 17.3 Å². The van der Waals surface area contributed by atoms with Crippen molar-refractivity contribution in [2.75, 3.05) is 5.73 Å². The van der Waals surface area contributed by atoms with Gasteiger partial charge in [0.1, 0.15) is 5.82 Å². The minimum absolute atomic E-state index is 0.341. The Labute approximate surface area is 118 Å². The Morgan fingerprint density at radius 2 is 1.81 bits per heavy atom. The number of aryl methyl sites for hydroxylation is 1. The molecule has 2 N–H and O–H groups in total. The highest BCUT2D eigenvalue weighted by atomic mass is 19.4. The normalized spacial score (nSPS) is 12.0. The smallest absolute Gasteiger partial charge is 0.384 e. The lowest BCUT2D eigenvalue weighted by molar-refractivity contribution is -0.137. The molecule has 0 spiro atoms. The van der Waals surface area contributed by atoms with Crippen LogP contribution in [0.1, 0.15) is 11.3 Å². The second kappa shape index (κ2) is 4.47. The minimum atomic E-state index is -4.35. The van der Waals surface area contributed by atoms with Crippen molar-refractivity contribution in [1.29, 1.82) is 0 Å². The van der Waals surface area contributed by atoms with Crippen LogP contribution in [0, 0.1) is 6.92 Å². The SMILES string of the molecule is Cc1cc(N)nc2c(-c3ccc(C(F)(F)F)cc3)cnn12. The number of fused-ring (bicyclic) bond motifs is 1. The quantitative estimate of drug-likeness (QED) is 0.748. The van der Waals surface area contributed by atoms with Crippen LogP contribution in [0.25, 0.3) is 16.8 Å². The minimum Gasteiger partial charge on any atom is -0.384 e. The van der Waals surface area contributed by atoms with Crippen molar-refractivity contribution in [3.63, 3.8) is 0 Å². The molecule has 0 aliphatic rings. The number of anilines is 1. The van der Waals surface area contributed by atoms with Crippen LogP contribution in [0.2, 0.25) is 0 Å². The van der Waals surface area contributed by atoms with E-state index in [2.05, 4.69) is 10.1 Å². The fourth-order valence-corrected chi connectivity index (χ4v) is 2.18. The van der Waals surface area contributed by atoms with Gasteiger partial charge in [0.2, 0.25) is 0 Å². The molecule has 3 rings (SSSR count). The summed E-state index contributed by atoms with van der Waals surface area (Å²) in [4.78, 5) is 4.20. The number of hydrogen-bond acceptors (Lipinski definition) is 3. The van der Waals surface area contributed by atoms with E-state index in [1.807, 2.05) is 6.92 Å². The Morgan fingerprint density at radius 1 is 1.14 bits per heavy atom. The molecule has 0 atom stereocenters. The molecule has 21 heavy (non-hydrogen) atoms. The van der Waals surface area contributed by atoms with E-state index < -0.39 is 11.7 Å². The molecule has 108 valence electrons. The number of nitrogens with zero attached hydrogens (tertiary/aromatic N) is 3. The van der Waals surface area contributed by atoms with E-state index in [0.29, 0.717) is 22.6 Å². The second-order valence-corrected chi connectivity index (χ2v) is 4.69. The van der Waals surface area contributed by atoms with Crippen molar-refractivity contribution < 1.29 is 13.2 Å². The highest BCUT2D eigenvalue weighted by Crippen LogP contribution is 2.32. The number of halogens is 3. The molecule has 4 nitrogen and oxygen atoms in total. The zero-order chi connectivity index (χ0) is 15.2. The van der Waals surface area contributed by atoms with Crippen LogP contribution in [0.4, 0.5) is 19.0 Å². The molecule has 0 unspecified atom stereocenters. The highest BCUT2D eigenvalue weighted by Gasteiger charge is 2.30. The average molecular weight is 292 g/mol. The van der Waals surface area contributed by atoms with E-state index in [1.165, 1.54) is 12.1 Å². The van der Waals surface area contributed by atoms with E-state index in [0.717, 1.165) is 17.8 Å². The van der Waals surface area contributed by atoms with E-state index in [4.69, 9.17) is 5.73 Å². The maximum Gasteiger partial charge on any atom is 0.416 e. The zero-order valence-electron chi connectivity index (χ0n) is 11.0. The van der Waals surface area contributed by atoms with Crippen molar-refractivity contribution in [3.05, 3.63) is 47.8 Å². The third kappa shape index (κ3) is 2.31. The molecule has 0 bridgehead atoms. The van der Waals surface area contributed by atoms with Crippen molar-refractivity contribution in [2.24, 2.45) is 0 Å². The zero-order valence-corrected chi connectivity index (χ0v) is 11.0. The van der Waals surface area contributed by atoms with E-state index >= 15 is 0 Å². The summed E-state index contributed by atoms with van der Waals surface area (Å²) in [6.45, 7) is 1.83. The first-order chi connectivity index (χ1) is 9.86. The Morgan fingerprint density at radius 3 is 2.43 bits per heavy atom. The largest absolute Gasteiger partial charge is 0.416 e. The molecule has 1 aromatic carbocycles. The van der Waals surface area contributed by atoms with Gasteiger partial charge < -0.3 is 5.73 Å². The van der Waals surface area contributed by atoms with E-state index in [1.54, 1.807) is 16.8 Å². The van der Waals surface area contributed by atoms with Gasteiger partial charge in [0.05, 0.1) is 11.8 Å². The number of nitrogen functional groups attached to an aromatic ring is 1. The predicted octanol–water partition coefficient (Wildman–Crippen LogP) is 3.31. The van der Waals surface area contributed by atoms with Crippen molar-refractivity contribution in [1.82, 2.24) is 14.6 Å². The van der Waals surface area contributed by atoms with Crippen LogP contribution in [0.5, 0.6) is 0 Å². The van der Waals surface area contributed by atoms with Crippen molar-refractivity contribution in [2.45, 2.75) is 13.1 Å². The summed E-state index contributed by atoms with van der Waals surface area (Å²) < 4.78 is 39.3. The number of hydrogen-bond donors (Lipinski definition) is 1. The monoisotopic (exact) mass is 292 g/mol. The lowest BCUT2D eigenvalue weighted by Crippen LogP contribution is -2.04. The first kappa shape index (κ1) is 13.4. The van der Waals surface area contributed by atoms with Crippen LogP contribution < -0.4 is 5.73 Å². The van der Waals surface area contributed by atoms with Gasteiger partial charge in [0.15, 0.2) is 5.65 Å². The third-order valence-electron chi connectivity index (χ3n) is 3.19. The average Bonchev–Trinajstić information content (AvgIpc) is 2.82. The fraction of sp³-hybridized carbons (Fsp3) is 0.143.